The number of carbonyl (C=O) groups is 1. The maximum Gasteiger partial charge on any atom is 0.246 e. The van der Waals surface area contributed by atoms with E-state index in [2.05, 4.69) is 10.2 Å². The fourth-order valence-electron chi connectivity index (χ4n) is 2.76. The number of hydrogen-bond acceptors (Lipinski definition) is 4. The molecule has 0 saturated heterocycles. The summed E-state index contributed by atoms with van der Waals surface area (Å²) in [4.78, 5) is 14.2. The van der Waals surface area contributed by atoms with Crippen LogP contribution in [0.5, 0.6) is 0 Å². The van der Waals surface area contributed by atoms with Gasteiger partial charge in [0.05, 0.1) is 6.54 Å². The van der Waals surface area contributed by atoms with E-state index in [9.17, 15) is 9.18 Å². The van der Waals surface area contributed by atoms with Crippen LogP contribution in [-0.4, -0.2) is 32.7 Å². The molecule has 0 aliphatic carbocycles. The number of aromatic nitrogens is 3. The molecule has 22 heavy (non-hydrogen) atoms. The van der Waals surface area contributed by atoms with Crippen LogP contribution in [0.2, 0.25) is 0 Å². The predicted molar refractivity (Wildman–Crippen MR) is 76.1 cm³/mol. The number of halogens is 1. The summed E-state index contributed by atoms with van der Waals surface area (Å²) in [6.45, 7) is 2.84. The number of methoxy groups -OCH3 is 1. The van der Waals surface area contributed by atoms with Crippen LogP contribution in [0, 0.1) is 5.82 Å². The van der Waals surface area contributed by atoms with Gasteiger partial charge in [0.1, 0.15) is 18.5 Å². The first-order chi connectivity index (χ1) is 10.6. The highest BCUT2D eigenvalue weighted by Crippen LogP contribution is 2.24. The molecule has 1 aromatic heterocycles. The van der Waals surface area contributed by atoms with Gasteiger partial charge < -0.3 is 9.64 Å². The number of hydrogen-bond donors (Lipinski definition) is 0. The number of carbonyl (C=O) groups excluding carboxylic acids is 1. The molecule has 1 aliphatic rings. The summed E-state index contributed by atoms with van der Waals surface area (Å²) < 4.78 is 20.2. The zero-order valence-electron chi connectivity index (χ0n) is 12.5. The van der Waals surface area contributed by atoms with Crippen LogP contribution >= 0.6 is 0 Å². The summed E-state index contributed by atoms with van der Waals surface area (Å²) in [5, 5.41) is 8.21. The van der Waals surface area contributed by atoms with Crippen molar-refractivity contribution in [3.63, 3.8) is 0 Å². The smallest absolute Gasteiger partial charge is 0.246 e. The van der Waals surface area contributed by atoms with Crippen molar-refractivity contribution in [1.29, 1.82) is 0 Å². The molecule has 2 heterocycles. The van der Waals surface area contributed by atoms with Crippen molar-refractivity contribution in [2.45, 2.75) is 32.7 Å². The lowest BCUT2D eigenvalue weighted by atomic mass is 10.1. The van der Waals surface area contributed by atoms with Gasteiger partial charge in [-0.1, -0.05) is 12.1 Å². The first-order valence-electron chi connectivity index (χ1n) is 7.05. The molecule has 0 unspecified atom stereocenters. The van der Waals surface area contributed by atoms with E-state index in [0.29, 0.717) is 25.5 Å². The Hall–Kier alpha value is -2.28. The SMILES string of the molecule is COCc1nnc2n1[C@@H](C)C(=O)N(Cc1cccc(F)c1)C2. The van der Waals surface area contributed by atoms with Crippen LogP contribution in [0.1, 0.15) is 30.2 Å². The maximum absolute atomic E-state index is 13.3. The Bertz CT molecular complexity index is 701. The van der Waals surface area contributed by atoms with E-state index in [1.54, 1.807) is 24.1 Å². The zero-order valence-corrected chi connectivity index (χ0v) is 12.5. The molecule has 7 heteroatoms. The Kier molecular flexibility index (Phi) is 3.89. The van der Waals surface area contributed by atoms with E-state index in [0.717, 1.165) is 11.4 Å². The molecule has 0 bridgehead atoms. The molecule has 6 nitrogen and oxygen atoms in total. The van der Waals surface area contributed by atoms with Crippen molar-refractivity contribution < 1.29 is 13.9 Å². The molecule has 3 rings (SSSR count). The van der Waals surface area contributed by atoms with Gasteiger partial charge in [-0.15, -0.1) is 10.2 Å². The Morgan fingerprint density at radius 3 is 2.95 bits per heavy atom. The average molecular weight is 304 g/mol. The highest BCUT2D eigenvalue weighted by Gasteiger charge is 2.33. The molecule has 2 aromatic rings. The van der Waals surface area contributed by atoms with E-state index in [-0.39, 0.29) is 11.7 Å². The maximum atomic E-state index is 13.3. The number of benzene rings is 1. The summed E-state index contributed by atoms with van der Waals surface area (Å²) in [5.41, 5.74) is 0.755. The van der Waals surface area contributed by atoms with Gasteiger partial charge in [0, 0.05) is 13.7 Å². The van der Waals surface area contributed by atoms with Crippen molar-refractivity contribution >= 4 is 5.91 Å². The quantitative estimate of drug-likeness (QED) is 0.862. The lowest BCUT2D eigenvalue weighted by molar-refractivity contribution is -0.137. The lowest BCUT2D eigenvalue weighted by Crippen LogP contribution is -2.41. The highest BCUT2D eigenvalue weighted by molar-refractivity contribution is 5.81. The molecule has 0 spiro atoms. The number of fused-ring (bicyclic) bond motifs is 1. The minimum absolute atomic E-state index is 0.0334. The molecular formula is C15H17FN4O2. The topological polar surface area (TPSA) is 60.3 Å². The number of amides is 1. The van der Waals surface area contributed by atoms with Crippen molar-refractivity contribution in [1.82, 2.24) is 19.7 Å². The third-order valence-corrected chi connectivity index (χ3v) is 3.76. The highest BCUT2D eigenvalue weighted by atomic mass is 19.1. The lowest BCUT2D eigenvalue weighted by Gasteiger charge is -2.32. The predicted octanol–water partition coefficient (Wildman–Crippen LogP) is 1.67. The molecule has 1 aliphatic heterocycles. The Balaban J connectivity index is 1.85. The number of rotatable bonds is 4. The fraction of sp³-hybridized carbons (Fsp3) is 0.400. The van der Waals surface area contributed by atoms with Gasteiger partial charge in [-0.25, -0.2) is 4.39 Å². The molecule has 0 saturated carbocycles. The van der Waals surface area contributed by atoms with E-state index in [1.807, 2.05) is 11.5 Å². The van der Waals surface area contributed by atoms with Gasteiger partial charge in [-0.2, -0.15) is 0 Å². The first kappa shape index (κ1) is 14.6. The number of nitrogens with zero attached hydrogens (tertiary/aromatic N) is 4. The standard InChI is InChI=1S/C15H17FN4O2/c1-10-15(21)19(7-11-4-3-5-12(16)6-11)8-13-17-18-14(9-22-2)20(10)13/h3-6,10H,7-9H2,1-2H3/t10-/m0/s1. The molecule has 1 amide bonds. The van der Waals surface area contributed by atoms with Crippen molar-refractivity contribution in [2.75, 3.05) is 7.11 Å². The van der Waals surface area contributed by atoms with E-state index in [1.165, 1.54) is 12.1 Å². The van der Waals surface area contributed by atoms with Crippen molar-refractivity contribution in [2.24, 2.45) is 0 Å². The monoisotopic (exact) mass is 304 g/mol. The third kappa shape index (κ3) is 2.59. The van der Waals surface area contributed by atoms with Gasteiger partial charge >= 0.3 is 0 Å². The van der Waals surface area contributed by atoms with Crippen LogP contribution in [0.15, 0.2) is 24.3 Å². The molecule has 0 N–H and O–H groups in total. The van der Waals surface area contributed by atoms with Crippen LogP contribution in [-0.2, 0) is 29.2 Å². The van der Waals surface area contributed by atoms with E-state index >= 15 is 0 Å². The molecule has 0 radical (unpaired) electrons. The van der Waals surface area contributed by atoms with E-state index in [4.69, 9.17) is 4.74 Å². The molecule has 0 fully saturated rings. The van der Waals surface area contributed by atoms with Gasteiger partial charge in [0.15, 0.2) is 11.6 Å². The summed E-state index contributed by atoms with van der Waals surface area (Å²) in [5.74, 6) is 1.02. The third-order valence-electron chi connectivity index (χ3n) is 3.76. The summed E-state index contributed by atoms with van der Waals surface area (Å²) in [6, 6.07) is 5.88. The summed E-state index contributed by atoms with van der Waals surface area (Å²) in [7, 11) is 1.58. The molecular weight excluding hydrogens is 287 g/mol. The normalized spacial score (nSPS) is 17.7. The van der Waals surface area contributed by atoms with Crippen molar-refractivity contribution in [3.05, 3.63) is 47.3 Å². The van der Waals surface area contributed by atoms with Gasteiger partial charge in [0.2, 0.25) is 5.91 Å². The second-order valence-electron chi connectivity index (χ2n) is 5.34. The minimum Gasteiger partial charge on any atom is -0.377 e. The second kappa shape index (κ2) is 5.84. The molecule has 1 aromatic carbocycles. The summed E-state index contributed by atoms with van der Waals surface area (Å²) >= 11 is 0. The number of ether oxygens (including phenoxy) is 1. The average Bonchev–Trinajstić information content (AvgIpc) is 2.88. The van der Waals surface area contributed by atoms with Crippen LogP contribution in [0.4, 0.5) is 4.39 Å². The largest absolute Gasteiger partial charge is 0.377 e. The second-order valence-corrected chi connectivity index (χ2v) is 5.34. The van der Waals surface area contributed by atoms with Crippen LogP contribution < -0.4 is 0 Å². The zero-order chi connectivity index (χ0) is 15.7. The van der Waals surface area contributed by atoms with Gasteiger partial charge in [-0.3, -0.25) is 9.36 Å². The van der Waals surface area contributed by atoms with Gasteiger partial charge in [-0.05, 0) is 24.6 Å². The van der Waals surface area contributed by atoms with Crippen molar-refractivity contribution in [3.8, 4) is 0 Å². The fourth-order valence-corrected chi connectivity index (χ4v) is 2.76. The summed E-state index contributed by atoms with van der Waals surface area (Å²) in [6.07, 6.45) is 0. The van der Waals surface area contributed by atoms with Gasteiger partial charge in [0.25, 0.3) is 0 Å². The molecule has 1 atom stereocenters. The Morgan fingerprint density at radius 1 is 1.41 bits per heavy atom. The Labute approximate surface area is 127 Å². The van der Waals surface area contributed by atoms with E-state index < -0.39 is 6.04 Å². The Morgan fingerprint density at radius 2 is 2.23 bits per heavy atom. The van der Waals surface area contributed by atoms with Crippen LogP contribution in [0.25, 0.3) is 0 Å². The molecule has 116 valence electrons. The first-order valence-corrected chi connectivity index (χ1v) is 7.05. The minimum atomic E-state index is -0.391. The van der Waals surface area contributed by atoms with Crippen LogP contribution in [0.3, 0.4) is 0 Å².